The molecule has 1 aliphatic carbocycles. The average molecular weight is 270 g/mol. The van der Waals surface area contributed by atoms with Crippen molar-refractivity contribution in [2.45, 2.75) is 52.0 Å². The molecule has 0 spiro atoms. The normalized spacial score (nSPS) is 25.3. The maximum atomic E-state index is 11.3. The number of unbranched alkanes of at least 4 members (excludes halogenated alkanes) is 1. The van der Waals surface area contributed by atoms with Crippen LogP contribution in [0.25, 0.3) is 0 Å². The lowest BCUT2D eigenvalue weighted by Crippen LogP contribution is -2.49. The van der Waals surface area contributed by atoms with E-state index in [0.717, 1.165) is 31.2 Å². The van der Waals surface area contributed by atoms with Gasteiger partial charge in [0.2, 0.25) is 0 Å². The molecule has 4 heteroatoms. The summed E-state index contributed by atoms with van der Waals surface area (Å²) >= 11 is 0. The molecule has 0 bridgehead atoms. The number of likely N-dealkylation sites (N-methyl/N-ethyl adjacent to an activating group) is 1. The number of nitrogens with one attached hydrogen (secondary N) is 1. The third-order valence-electron chi connectivity index (χ3n) is 4.33. The summed E-state index contributed by atoms with van der Waals surface area (Å²) in [6.45, 7) is 9.02. The summed E-state index contributed by atoms with van der Waals surface area (Å²) in [5.41, 5.74) is -0.766. The summed E-state index contributed by atoms with van der Waals surface area (Å²) < 4.78 is 0. The van der Waals surface area contributed by atoms with Gasteiger partial charge in [-0.3, -0.25) is 4.79 Å². The molecule has 0 amide bonds. The van der Waals surface area contributed by atoms with Gasteiger partial charge < -0.3 is 15.3 Å². The molecule has 0 radical (unpaired) electrons. The summed E-state index contributed by atoms with van der Waals surface area (Å²) in [6, 6.07) is 0. The number of hydrogen-bond acceptors (Lipinski definition) is 3. The zero-order valence-electron chi connectivity index (χ0n) is 12.9. The molecule has 1 rings (SSSR count). The molecule has 3 atom stereocenters. The van der Waals surface area contributed by atoms with Crippen LogP contribution in [0.3, 0.4) is 0 Å². The van der Waals surface area contributed by atoms with Crippen molar-refractivity contribution in [2.75, 3.05) is 26.7 Å². The minimum absolute atomic E-state index is 0.697. The lowest BCUT2D eigenvalue weighted by Gasteiger charge is -2.26. The molecule has 1 aliphatic rings. The minimum atomic E-state index is -0.766. The Bertz CT molecular complexity index is 296. The highest BCUT2D eigenvalue weighted by Gasteiger charge is 2.33. The Hall–Kier alpha value is -0.610. The van der Waals surface area contributed by atoms with Gasteiger partial charge in [0.15, 0.2) is 0 Å². The van der Waals surface area contributed by atoms with Crippen molar-refractivity contribution in [3.05, 3.63) is 0 Å². The SMILES string of the molecule is CCNC(C)(CCCCN(C)CC1CC1C)C(=O)O. The van der Waals surface area contributed by atoms with Crippen LogP contribution >= 0.6 is 0 Å². The quantitative estimate of drug-likeness (QED) is 0.598. The van der Waals surface area contributed by atoms with E-state index in [-0.39, 0.29) is 0 Å². The highest BCUT2D eigenvalue weighted by atomic mass is 16.4. The van der Waals surface area contributed by atoms with Crippen molar-refractivity contribution in [2.24, 2.45) is 11.8 Å². The van der Waals surface area contributed by atoms with Crippen molar-refractivity contribution >= 4 is 5.97 Å². The van der Waals surface area contributed by atoms with Crippen LogP contribution in [0, 0.1) is 11.8 Å². The van der Waals surface area contributed by atoms with Crippen LogP contribution < -0.4 is 5.32 Å². The molecule has 0 aliphatic heterocycles. The highest BCUT2D eigenvalue weighted by Crippen LogP contribution is 2.37. The van der Waals surface area contributed by atoms with Gasteiger partial charge in [-0.15, -0.1) is 0 Å². The van der Waals surface area contributed by atoms with E-state index in [1.807, 2.05) is 6.92 Å². The van der Waals surface area contributed by atoms with Crippen molar-refractivity contribution in [1.29, 1.82) is 0 Å². The average Bonchev–Trinajstić information content (AvgIpc) is 3.00. The second kappa shape index (κ2) is 7.25. The van der Waals surface area contributed by atoms with Crippen LogP contribution in [0.1, 0.15) is 46.5 Å². The van der Waals surface area contributed by atoms with E-state index in [1.165, 1.54) is 13.0 Å². The van der Waals surface area contributed by atoms with E-state index in [2.05, 4.69) is 24.2 Å². The fraction of sp³-hybridized carbons (Fsp3) is 0.933. The van der Waals surface area contributed by atoms with E-state index >= 15 is 0 Å². The standard InChI is InChI=1S/C15H30N2O2/c1-5-16-15(3,14(18)19)8-6-7-9-17(4)11-13-10-12(13)2/h12-13,16H,5-11H2,1-4H3,(H,18,19). The molecule has 0 heterocycles. The largest absolute Gasteiger partial charge is 0.480 e. The summed E-state index contributed by atoms with van der Waals surface area (Å²) in [7, 11) is 2.17. The van der Waals surface area contributed by atoms with Crippen LogP contribution in [0.5, 0.6) is 0 Å². The molecule has 1 fully saturated rings. The first-order valence-corrected chi connectivity index (χ1v) is 7.56. The Labute approximate surface area is 117 Å². The second-order valence-corrected chi connectivity index (χ2v) is 6.36. The molecule has 0 aromatic carbocycles. The molecule has 3 unspecified atom stereocenters. The Kier molecular flexibility index (Phi) is 6.27. The van der Waals surface area contributed by atoms with Gasteiger partial charge in [-0.1, -0.05) is 13.8 Å². The minimum Gasteiger partial charge on any atom is -0.480 e. The Balaban J connectivity index is 2.15. The summed E-state index contributed by atoms with van der Waals surface area (Å²) in [6.07, 6.45) is 4.11. The smallest absolute Gasteiger partial charge is 0.323 e. The Morgan fingerprint density at radius 2 is 2.11 bits per heavy atom. The lowest BCUT2D eigenvalue weighted by molar-refractivity contribution is -0.144. The van der Waals surface area contributed by atoms with Crippen molar-refractivity contribution in [3.63, 3.8) is 0 Å². The Morgan fingerprint density at radius 3 is 2.58 bits per heavy atom. The van der Waals surface area contributed by atoms with Gasteiger partial charge in [-0.25, -0.2) is 0 Å². The van der Waals surface area contributed by atoms with Gasteiger partial charge in [-0.2, -0.15) is 0 Å². The first-order valence-electron chi connectivity index (χ1n) is 7.56. The third-order valence-corrected chi connectivity index (χ3v) is 4.33. The number of hydrogen-bond donors (Lipinski definition) is 2. The molecule has 2 N–H and O–H groups in total. The zero-order valence-corrected chi connectivity index (χ0v) is 12.9. The molecular weight excluding hydrogens is 240 g/mol. The monoisotopic (exact) mass is 270 g/mol. The first-order chi connectivity index (χ1) is 8.89. The maximum Gasteiger partial charge on any atom is 0.323 e. The van der Waals surface area contributed by atoms with Gasteiger partial charge in [0, 0.05) is 6.54 Å². The predicted molar refractivity (Wildman–Crippen MR) is 78.3 cm³/mol. The van der Waals surface area contributed by atoms with Crippen LogP contribution in [0.4, 0.5) is 0 Å². The number of carbonyl (C=O) groups is 1. The van der Waals surface area contributed by atoms with Crippen molar-refractivity contribution < 1.29 is 9.90 Å². The van der Waals surface area contributed by atoms with E-state index in [0.29, 0.717) is 13.0 Å². The van der Waals surface area contributed by atoms with Gasteiger partial charge in [0.1, 0.15) is 5.54 Å². The maximum absolute atomic E-state index is 11.3. The van der Waals surface area contributed by atoms with Crippen LogP contribution in [-0.2, 0) is 4.79 Å². The fourth-order valence-corrected chi connectivity index (χ4v) is 2.67. The third kappa shape index (κ3) is 5.49. The topological polar surface area (TPSA) is 52.6 Å². The van der Waals surface area contributed by atoms with Gasteiger partial charge in [-0.05, 0) is 64.6 Å². The predicted octanol–water partition coefficient (Wildman–Crippen LogP) is 2.20. The molecule has 0 aromatic heterocycles. The molecule has 1 saturated carbocycles. The molecular formula is C15H30N2O2. The summed E-state index contributed by atoms with van der Waals surface area (Å²) in [5, 5.41) is 12.3. The highest BCUT2D eigenvalue weighted by molar-refractivity contribution is 5.78. The van der Waals surface area contributed by atoms with Gasteiger partial charge >= 0.3 is 5.97 Å². The molecule has 0 saturated heterocycles. The second-order valence-electron chi connectivity index (χ2n) is 6.36. The van der Waals surface area contributed by atoms with E-state index < -0.39 is 11.5 Å². The van der Waals surface area contributed by atoms with Crippen LogP contribution in [-0.4, -0.2) is 48.2 Å². The first kappa shape index (κ1) is 16.4. The number of carboxylic acids is 1. The van der Waals surface area contributed by atoms with Gasteiger partial charge in [0.05, 0.1) is 0 Å². The summed E-state index contributed by atoms with van der Waals surface area (Å²) in [4.78, 5) is 13.6. The van der Waals surface area contributed by atoms with E-state index in [9.17, 15) is 9.90 Å². The van der Waals surface area contributed by atoms with Crippen molar-refractivity contribution in [3.8, 4) is 0 Å². The molecule has 19 heavy (non-hydrogen) atoms. The molecule has 112 valence electrons. The van der Waals surface area contributed by atoms with E-state index in [1.54, 1.807) is 6.92 Å². The number of carboxylic acid groups (broad SMARTS) is 1. The fourth-order valence-electron chi connectivity index (χ4n) is 2.67. The van der Waals surface area contributed by atoms with Crippen LogP contribution in [0.2, 0.25) is 0 Å². The molecule has 4 nitrogen and oxygen atoms in total. The van der Waals surface area contributed by atoms with E-state index in [4.69, 9.17) is 0 Å². The Morgan fingerprint density at radius 1 is 1.47 bits per heavy atom. The summed E-state index contributed by atoms with van der Waals surface area (Å²) in [5.74, 6) is 1.07. The number of aliphatic carboxylic acids is 1. The van der Waals surface area contributed by atoms with Gasteiger partial charge in [0.25, 0.3) is 0 Å². The zero-order chi connectivity index (χ0) is 14.5. The molecule has 0 aromatic rings. The van der Waals surface area contributed by atoms with Crippen LogP contribution in [0.15, 0.2) is 0 Å². The lowest BCUT2D eigenvalue weighted by atomic mass is 9.95. The number of nitrogens with zero attached hydrogens (tertiary/aromatic N) is 1. The number of rotatable bonds is 10. The van der Waals surface area contributed by atoms with Crippen molar-refractivity contribution in [1.82, 2.24) is 10.2 Å².